The molecule has 3 heterocycles. The van der Waals surface area contributed by atoms with Gasteiger partial charge >= 0.3 is 0 Å². The first kappa shape index (κ1) is 27.9. The average Bonchev–Trinajstić information content (AvgIpc) is 2.53. The van der Waals surface area contributed by atoms with Crippen LogP contribution in [0.1, 0.15) is 82.6 Å². The summed E-state index contributed by atoms with van der Waals surface area (Å²) in [5.74, 6) is 1.60. The van der Waals surface area contributed by atoms with Gasteiger partial charge in [-0.1, -0.05) is 63.3 Å². The van der Waals surface area contributed by atoms with E-state index < -0.39 is 0 Å². The van der Waals surface area contributed by atoms with Gasteiger partial charge in [-0.2, -0.15) is 0 Å². The normalized spacial score (nSPS) is 24.9. The molecule has 0 aliphatic carbocycles. The monoisotopic (exact) mass is 289 g/mol. The van der Waals surface area contributed by atoms with Crippen molar-refractivity contribution in [1.82, 2.24) is 4.90 Å². The van der Waals surface area contributed by atoms with Gasteiger partial charge in [-0.3, -0.25) is 4.79 Å². The molecule has 0 saturated carbocycles. The highest BCUT2D eigenvalue weighted by atomic mass is 16.1. The minimum absolute atomic E-state index is 0. The summed E-state index contributed by atoms with van der Waals surface area (Å²) >= 11 is 0. The van der Waals surface area contributed by atoms with Crippen LogP contribution in [0.25, 0.3) is 0 Å². The second-order valence-electron chi connectivity index (χ2n) is 4.06. The number of piperidine rings is 3. The van der Waals surface area contributed by atoms with Gasteiger partial charge in [0.1, 0.15) is 5.78 Å². The van der Waals surface area contributed by atoms with Gasteiger partial charge in [0, 0.05) is 18.9 Å². The Balaban J connectivity index is -0.000000143. The van der Waals surface area contributed by atoms with Gasteiger partial charge in [0.2, 0.25) is 0 Å². The molecule has 2 heteroatoms. The minimum Gasteiger partial charge on any atom is -0.303 e. The van der Waals surface area contributed by atoms with Crippen molar-refractivity contribution in [2.45, 2.75) is 82.6 Å². The Bertz CT molecular complexity index is 184. The summed E-state index contributed by atoms with van der Waals surface area (Å²) in [5.41, 5.74) is 0. The predicted molar refractivity (Wildman–Crippen MR) is 95.5 cm³/mol. The van der Waals surface area contributed by atoms with E-state index in [1.807, 2.05) is 48.5 Å². The van der Waals surface area contributed by atoms with Crippen molar-refractivity contribution in [3.8, 4) is 0 Å². The molecule has 20 heavy (non-hydrogen) atoms. The zero-order valence-electron chi connectivity index (χ0n) is 13.8. The van der Waals surface area contributed by atoms with Gasteiger partial charge in [0.05, 0.1) is 0 Å². The van der Waals surface area contributed by atoms with Gasteiger partial charge in [-0.05, 0) is 31.8 Å². The van der Waals surface area contributed by atoms with E-state index >= 15 is 0 Å². The van der Waals surface area contributed by atoms with Crippen LogP contribution in [-0.2, 0) is 4.79 Å². The lowest BCUT2D eigenvalue weighted by Gasteiger charge is -2.44. The van der Waals surface area contributed by atoms with E-state index in [4.69, 9.17) is 0 Å². The SMILES string of the molecule is C.C.CC.CC.CC.CCC(=O)C1CN2CCC1CC2. The Morgan fingerprint density at radius 2 is 1.35 bits per heavy atom. The Hall–Kier alpha value is -0.370. The lowest BCUT2D eigenvalue weighted by Crippen LogP contribution is -2.49. The number of hydrogen-bond donors (Lipinski definition) is 0. The summed E-state index contributed by atoms with van der Waals surface area (Å²) in [6.07, 6.45) is 3.25. The molecule has 0 N–H and O–H groups in total. The molecule has 3 aliphatic heterocycles. The molecule has 0 amide bonds. The van der Waals surface area contributed by atoms with Gasteiger partial charge in [-0.15, -0.1) is 0 Å². The standard InChI is InChI=1S/C10H17NO.3C2H6.2CH4/c1-2-10(12)9-7-11-5-3-8(9)4-6-11;3*1-2;;/h8-9H,2-7H2,1H3;3*1-2H3;2*1H4. The van der Waals surface area contributed by atoms with E-state index in [2.05, 4.69) is 4.90 Å². The number of hydrogen-bond acceptors (Lipinski definition) is 2. The molecule has 0 radical (unpaired) electrons. The molecular weight excluding hydrogens is 246 g/mol. The van der Waals surface area contributed by atoms with E-state index in [0.29, 0.717) is 11.7 Å². The lowest BCUT2D eigenvalue weighted by molar-refractivity contribution is -0.128. The highest BCUT2D eigenvalue weighted by molar-refractivity contribution is 5.81. The molecule has 3 fully saturated rings. The Kier molecular flexibility index (Phi) is 26.0. The lowest BCUT2D eigenvalue weighted by atomic mass is 9.76. The fourth-order valence-corrected chi connectivity index (χ4v) is 2.59. The molecule has 3 aliphatic rings. The van der Waals surface area contributed by atoms with E-state index in [1.54, 1.807) is 0 Å². The summed E-state index contributed by atoms with van der Waals surface area (Å²) < 4.78 is 0. The van der Waals surface area contributed by atoms with Crippen molar-refractivity contribution in [1.29, 1.82) is 0 Å². The first-order valence-corrected chi connectivity index (χ1v) is 8.06. The number of carbonyl (C=O) groups is 1. The number of nitrogens with zero attached hydrogens (tertiary/aromatic N) is 1. The van der Waals surface area contributed by atoms with Gasteiger partial charge in [0.25, 0.3) is 0 Å². The molecule has 2 bridgehead atoms. The second kappa shape index (κ2) is 18.6. The molecule has 3 saturated heterocycles. The zero-order chi connectivity index (χ0) is 14.6. The summed E-state index contributed by atoms with van der Waals surface area (Å²) in [6.45, 7) is 17.5. The van der Waals surface area contributed by atoms with Crippen LogP contribution >= 0.6 is 0 Å². The van der Waals surface area contributed by atoms with Crippen molar-refractivity contribution in [2.75, 3.05) is 19.6 Å². The molecule has 2 nitrogen and oxygen atoms in total. The molecule has 0 aromatic carbocycles. The molecule has 0 aromatic heterocycles. The van der Waals surface area contributed by atoms with Crippen molar-refractivity contribution in [3.05, 3.63) is 0 Å². The van der Waals surface area contributed by atoms with Crippen molar-refractivity contribution >= 4 is 5.78 Å². The number of ketones is 1. The molecule has 3 rings (SSSR count). The fourth-order valence-electron chi connectivity index (χ4n) is 2.59. The van der Waals surface area contributed by atoms with Crippen molar-refractivity contribution in [2.24, 2.45) is 11.8 Å². The summed E-state index contributed by atoms with van der Waals surface area (Å²) in [6, 6.07) is 0. The van der Waals surface area contributed by atoms with Gasteiger partial charge < -0.3 is 4.90 Å². The third kappa shape index (κ3) is 8.73. The first-order valence-electron chi connectivity index (χ1n) is 8.06. The third-order valence-electron chi connectivity index (χ3n) is 3.42. The average molecular weight is 290 g/mol. The van der Waals surface area contributed by atoms with E-state index in [9.17, 15) is 4.79 Å². The molecular formula is C18H43NO. The maximum atomic E-state index is 11.5. The predicted octanol–water partition coefficient (Wildman–Crippen LogP) is 5.66. The molecule has 126 valence electrons. The zero-order valence-corrected chi connectivity index (χ0v) is 13.8. The number of rotatable bonds is 2. The van der Waals surface area contributed by atoms with Crippen LogP contribution < -0.4 is 0 Å². The fraction of sp³-hybridized carbons (Fsp3) is 0.944. The highest BCUT2D eigenvalue weighted by Crippen LogP contribution is 2.33. The highest BCUT2D eigenvalue weighted by Gasteiger charge is 2.36. The van der Waals surface area contributed by atoms with Crippen LogP contribution in [0.5, 0.6) is 0 Å². The molecule has 1 atom stereocenters. The van der Waals surface area contributed by atoms with E-state index in [1.165, 1.54) is 25.9 Å². The summed E-state index contributed by atoms with van der Waals surface area (Å²) in [7, 11) is 0. The summed E-state index contributed by atoms with van der Waals surface area (Å²) in [5, 5.41) is 0. The third-order valence-corrected chi connectivity index (χ3v) is 3.42. The molecule has 0 aromatic rings. The Morgan fingerprint density at radius 3 is 1.60 bits per heavy atom. The van der Waals surface area contributed by atoms with Crippen LogP contribution in [0.4, 0.5) is 0 Å². The molecule has 0 spiro atoms. The number of fused-ring (bicyclic) bond motifs is 3. The van der Waals surface area contributed by atoms with Crippen LogP contribution in [0.15, 0.2) is 0 Å². The van der Waals surface area contributed by atoms with Crippen LogP contribution in [0, 0.1) is 11.8 Å². The van der Waals surface area contributed by atoms with Gasteiger partial charge in [-0.25, -0.2) is 0 Å². The summed E-state index contributed by atoms with van der Waals surface area (Å²) in [4.78, 5) is 14.0. The largest absolute Gasteiger partial charge is 0.303 e. The second-order valence-corrected chi connectivity index (χ2v) is 4.06. The number of Topliss-reactive ketones (excluding diaryl/α,β-unsaturated/α-hetero) is 1. The van der Waals surface area contributed by atoms with Gasteiger partial charge in [0.15, 0.2) is 0 Å². The quantitative estimate of drug-likeness (QED) is 0.654. The smallest absolute Gasteiger partial charge is 0.137 e. The maximum Gasteiger partial charge on any atom is 0.137 e. The first-order chi connectivity index (χ1) is 8.81. The Labute approximate surface area is 130 Å². The topological polar surface area (TPSA) is 20.3 Å². The van der Waals surface area contributed by atoms with Crippen molar-refractivity contribution in [3.63, 3.8) is 0 Å². The van der Waals surface area contributed by atoms with Crippen LogP contribution in [0.2, 0.25) is 0 Å². The minimum atomic E-state index is 0. The number of carbonyl (C=O) groups excluding carboxylic acids is 1. The Morgan fingerprint density at radius 1 is 0.950 bits per heavy atom. The van der Waals surface area contributed by atoms with Crippen molar-refractivity contribution < 1.29 is 4.79 Å². The molecule has 1 unspecified atom stereocenters. The van der Waals surface area contributed by atoms with Crippen LogP contribution in [-0.4, -0.2) is 30.3 Å². The van der Waals surface area contributed by atoms with Crippen LogP contribution in [0.3, 0.4) is 0 Å². The maximum absolute atomic E-state index is 11.5. The van der Waals surface area contributed by atoms with E-state index in [-0.39, 0.29) is 14.9 Å². The van der Waals surface area contributed by atoms with E-state index in [0.717, 1.165) is 18.9 Å².